The Balaban J connectivity index is 1.98. The van der Waals surface area contributed by atoms with Gasteiger partial charge in [0.05, 0.1) is 0 Å². The summed E-state index contributed by atoms with van der Waals surface area (Å²) in [7, 11) is 0. The van der Waals surface area contributed by atoms with E-state index in [0.29, 0.717) is 0 Å². The molecule has 0 bridgehead atoms. The molecule has 1 aromatic carbocycles. The third-order valence-electron chi connectivity index (χ3n) is 4.12. The summed E-state index contributed by atoms with van der Waals surface area (Å²) < 4.78 is 0. The van der Waals surface area contributed by atoms with Crippen LogP contribution in [0.4, 0.5) is 0 Å². The summed E-state index contributed by atoms with van der Waals surface area (Å²) in [4.78, 5) is 2.58. The van der Waals surface area contributed by atoms with Crippen LogP contribution in [-0.4, -0.2) is 24.0 Å². The summed E-state index contributed by atoms with van der Waals surface area (Å²) in [5.74, 6) is 0.734. The number of aryl methyl sites for hydroxylation is 1. The van der Waals surface area contributed by atoms with Crippen LogP contribution < -0.4 is 5.73 Å². The molecule has 0 aliphatic carbocycles. The number of rotatable bonds is 4. The van der Waals surface area contributed by atoms with Crippen LogP contribution >= 0.6 is 0 Å². The van der Waals surface area contributed by atoms with Crippen molar-refractivity contribution in [2.24, 2.45) is 11.7 Å². The number of hydrogen-bond donors (Lipinski definition) is 1. The predicted octanol–water partition coefficient (Wildman–Crippen LogP) is 3.12. The third kappa shape index (κ3) is 3.12. The van der Waals surface area contributed by atoms with Gasteiger partial charge >= 0.3 is 0 Å². The van der Waals surface area contributed by atoms with Crippen molar-refractivity contribution in [1.82, 2.24) is 4.90 Å². The average Bonchev–Trinajstić information content (AvgIpc) is 2.78. The highest BCUT2D eigenvalue weighted by Crippen LogP contribution is 2.25. The van der Waals surface area contributed by atoms with Crippen LogP contribution in [0.15, 0.2) is 24.3 Å². The van der Waals surface area contributed by atoms with Crippen LogP contribution in [-0.2, 0) is 0 Å². The zero-order valence-electron chi connectivity index (χ0n) is 11.9. The number of nitrogens with two attached hydrogens (primary N) is 1. The smallest absolute Gasteiger partial charge is 0.0424 e. The molecule has 0 spiro atoms. The zero-order valence-corrected chi connectivity index (χ0v) is 11.9. The first-order chi connectivity index (χ1) is 8.58. The van der Waals surface area contributed by atoms with Crippen molar-refractivity contribution in [3.8, 4) is 0 Å². The van der Waals surface area contributed by atoms with Crippen LogP contribution in [0.25, 0.3) is 0 Å². The first kappa shape index (κ1) is 13.6. The molecule has 0 amide bonds. The Morgan fingerprint density at radius 2 is 1.94 bits per heavy atom. The van der Waals surface area contributed by atoms with Gasteiger partial charge in [0.25, 0.3) is 0 Å². The molecule has 100 valence electrons. The molecule has 1 aliphatic rings. The fourth-order valence-corrected chi connectivity index (χ4v) is 3.01. The monoisotopic (exact) mass is 246 g/mol. The summed E-state index contributed by atoms with van der Waals surface area (Å²) in [5, 5.41) is 0. The van der Waals surface area contributed by atoms with Gasteiger partial charge in [0.15, 0.2) is 0 Å². The first-order valence-corrected chi connectivity index (χ1v) is 7.14. The van der Waals surface area contributed by atoms with Gasteiger partial charge < -0.3 is 5.73 Å². The molecule has 1 saturated heterocycles. The maximum atomic E-state index is 6.35. The zero-order chi connectivity index (χ0) is 13.1. The van der Waals surface area contributed by atoms with Gasteiger partial charge in [0.2, 0.25) is 0 Å². The normalized spacial score (nSPS) is 22.6. The van der Waals surface area contributed by atoms with Gasteiger partial charge in [0, 0.05) is 18.6 Å². The lowest BCUT2D eigenvalue weighted by atomic mass is 10.0. The number of nitrogens with zero attached hydrogens (tertiary/aromatic N) is 1. The Morgan fingerprint density at radius 1 is 1.28 bits per heavy atom. The van der Waals surface area contributed by atoms with E-state index in [1.807, 2.05) is 0 Å². The second kappa shape index (κ2) is 5.85. The maximum Gasteiger partial charge on any atom is 0.0424 e. The Hall–Kier alpha value is -0.860. The second-order valence-electron chi connectivity index (χ2n) is 5.97. The van der Waals surface area contributed by atoms with E-state index in [-0.39, 0.29) is 6.04 Å². The summed E-state index contributed by atoms with van der Waals surface area (Å²) in [6.45, 7) is 8.96. The molecule has 1 aromatic rings. The van der Waals surface area contributed by atoms with E-state index in [4.69, 9.17) is 5.73 Å². The van der Waals surface area contributed by atoms with Crippen molar-refractivity contribution in [2.45, 2.75) is 45.7 Å². The summed E-state index contributed by atoms with van der Waals surface area (Å²) in [5.41, 5.74) is 8.90. The molecule has 1 fully saturated rings. The molecule has 2 rings (SSSR count). The standard InChI is InChI=1S/C16H26N2/c1-12(2)16-5-4-10-18(16)11-15(17)14-8-6-13(3)7-9-14/h6-9,12,15-16H,4-5,10-11,17H2,1-3H3. The Kier molecular flexibility index (Phi) is 4.41. The van der Waals surface area contributed by atoms with E-state index in [2.05, 4.69) is 49.9 Å². The van der Waals surface area contributed by atoms with E-state index in [9.17, 15) is 0 Å². The quantitative estimate of drug-likeness (QED) is 0.884. The van der Waals surface area contributed by atoms with Crippen LogP contribution in [0.1, 0.15) is 43.9 Å². The molecule has 18 heavy (non-hydrogen) atoms. The van der Waals surface area contributed by atoms with E-state index in [1.165, 1.54) is 30.5 Å². The molecule has 2 heteroatoms. The van der Waals surface area contributed by atoms with Gasteiger partial charge in [-0.25, -0.2) is 0 Å². The Bertz CT molecular complexity index is 369. The summed E-state index contributed by atoms with van der Waals surface area (Å²) in [6, 6.07) is 9.51. The van der Waals surface area contributed by atoms with Crippen LogP contribution in [0, 0.1) is 12.8 Å². The molecular formula is C16H26N2. The van der Waals surface area contributed by atoms with Gasteiger partial charge in [-0.2, -0.15) is 0 Å². The fourth-order valence-electron chi connectivity index (χ4n) is 3.01. The van der Waals surface area contributed by atoms with Gasteiger partial charge in [-0.3, -0.25) is 4.90 Å². The molecule has 0 aromatic heterocycles. The number of likely N-dealkylation sites (tertiary alicyclic amines) is 1. The van der Waals surface area contributed by atoms with Crippen LogP contribution in [0.2, 0.25) is 0 Å². The first-order valence-electron chi connectivity index (χ1n) is 7.14. The number of benzene rings is 1. The molecule has 2 unspecified atom stereocenters. The summed E-state index contributed by atoms with van der Waals surface area (Å²) in [6.07, 6.45) is 2.65. The highest BCUT2D eigenvalue weighted by Gasteiger charge is 2.28. The van der Waals surface area contributed by atoms with Crippen molar-refractivity contribution < 1.29 is 0 Å². The van der Waals surface area contributed by atoms with Crippen molar-refractivity contribution in [3.63, 3.8) is 0 Å². The fraction of sp³-hybridized carbons (Fsp3) is 0.625. The highest BCUT2D eigenvalue weighted by molar-refractivity contribution is 5.24. The minimum atomic E-state index is 0.143. The van der Waals surface area contributed by atoms with Crippen molar-refractivity contribution in [2.75, 3.05) is 13.1 Å². The van der Waals surface area contributed by atoms with Crippen LogP contribution in [0.5, 0.6) is 0 Å². The maximum absolute atomic E-state index is 6.35. The van der Waals surface area contributed by atoms with E-state index in [1.54, 1.807) is 0 Å². The molecule has 2 atom stereocenters. The average molecular weight is 246 g/mol. The van der Waals surface area contributed by atoms with E-state index >= 15 is 0 Å². The molecule has 0 radical (unpaired) electrons. The lowest BCUT2D eigenvalue weighted by Gasteiger charge is -2.30. The van der Waals surface area contributed by atoms with Crippen LogP contribution in [0.3, 0.4) is 0 Å². The molecule has 2 nitrogen and oxygen atoms in total. The van der Waals surface area contributed by atoms with Gasteiger partial charge in [-0.15, -0.1) is 0 Å². The van der Waals surface area contributed by atoms with Crippen molar-refractivity contribution >= 4 is 0 Å². The molecule has 1 aliphatic heterocycles. The SMILES string of the molecule is Cc1ccc(C(N)CN2CCCC2C(C)C)cc1. The lowest BCUT2D eigenvalue weighted by molar-refractivity contribution is 0.196. The topological polar surface area (TPSA) is 29.3 Å². The Morgan fingerprint density at radius 3 is 2.56 bits per heavy atom. The second-order valence-corrected chi connectivity index (χ2v) is 5.97. The van der Waals surface area contributed by atoms with E-state index in [0.717, 1.165) is 18.5 Å². The Labute approximate surface area is 111 Å². The molecule has 2 N–H and O–H groups in total. The minimum Gasteiger partial charge on any atom is -0.323 e. The van der Waals surface area contributed by atoms with Crippen molar-refractivity contribution in [3.05, 3.63) is 35.4 Å². The van der Waals surface area contributed by atoms with E-state index < -0.39 is 0 Å². The van der Waals surface area contributed by atoms with Crippen molar-refractivity contribution in [1.29, 1.82) is 0 Å². The molecular weight excluding hydrogens is 220 g/mol. The highest BCUT2D eigenvalue weighted by atomic mass is 15.2. The van der Waals surface area contributed by atoms with Gasteiger partial charge in [-0.1, -0.05) is 43.7 Å². The minimum absolute atomic E-state index is 0.143. The predicted molar refractivity (Wildman–Crippen MR) is 77.5 cm³/mol. The van der Waals surface area contributed by atoms with Gasteiger partial charge in [0.1, 0.15) is 0 Å². The largest absolute Gasteiger partial charge is 0.323 e. The lowest BCUT2D eigenvalue weighted by Crippen LogP contribution is -2.38. The number of hydrogen-bond acceptors (Lipinski definition) is 2. The summed E-state index contributed by atoms with van der Waals surface area (Å²) >= 11 is 0. The third-order valence-corrected chi connectivity index (χ3v) is 4.12. The molecule has 1 heterocycles. The van der Waals surface area contributed by atoms with Gasteiger partial charge in [-0.05, 0) is 37.8 Å². The molecule has 0 saturated carbocycles.